The molecule has 4 aromatic carbocycles. The van der Waals surface area contributed by atoms with Gasteiger partial charge in [-0.3, -0.25) is 38.6 Å². The maximum absolute atomic E-state index is 14.6. The molecular weight excluding hydrogens is 820 g/mol. The Morgan fingerprint density at radius 2 is 0.923 bits per heavy atom. The molecule has 2 aliphatic carbocycles. The molecule has 4 aliphatic heterocycles. The summed E-state index contributed by atoms with van der Waals surface area (Å²) in [6, 6.07) is 25.9. The largest absolute Gasteiger partial charge is 0.333 e. The smallest absolute Gasteiger partial charge is 0.261 e. The van der Waals surface area contributed by atoms with E-state index in [4.69, 9.17) is 0 Å². The topological polar surface area (TPSA) is 115 Å². The van der Waals surface area contributed by atoms with Crippen molar-refractivity contribution < 1.29 is 33.2 Å². The van der Waals surface area contributed by atoms with Crippen molar-refractivity contribution in [2.75, 3.05) is 26.2 Å². The highest BCUT2D eigenvalue weighted by Crippen LogP contribution is 2.40. The zero-order chi connectivity index (χ0) is 45.9. The van der Waals surface area contributed by atoms with E-state index >= 15 is 0 Å². The second-order valence-corrected chi connectivity index (χ2v) is 18.4. The summed E-state index contributed by atoms with van der Waals surface area (Å²) >= 11 is 0. The molecule has 6 aliphatic rings. The number of hydrogen-bond donors (Lipinski definition) is 0. The number of carbonyl (C=O) groups is 6. The zero-order valence-corrected chi connectivity index (χ0v) is 38.1. The molecule has 4 aromatic rings. The standard InChI is InChI=1S/C26H27FN2O3.C26H28N2O3.C2H6/c1-16-7-2-3-8-17(16)24(30)28-14-13-18-19(11-6-12-22(18)27)23(28)15-29-25(31)20-9-4-5-10-21(20)26(29)32;1-17-8-2-4-10-19(17)24(29)27-15-14-18-9-3-5-11-20(18)23(27)16-28-25(30)21-12-6-7-13-22(21)26(28)31;1-2/h4-6,9-12,16-17,23H,2-3,7-8,13-15H2,1H3;3,5-7,9,11-13,17,19,23H,2,4,8,10,14-16H2,1H3;1-2H3. The van der Waals surface area contributed by atoms with E-state index in [9.17, 15) is 33.2 Å². The quantitative estimate of drug-likeness (QED) is 0.178. The van der Waals surface area contributed by atoms with Crippen LogP contribution in [0.4, 0.5) is 4.39 Å². The van der Waals surface area contributed by atoms with Crippen molar-refractivity contribution in [3.05, 3.63) is 141 Å². The van der Waals surface area contributed by atoms with E-state index in [0.717, 1.165) is 56.9 Å². The Balaban J connectivity index is 0.000000171. The summed E-state index contributed by atoms with van der Waals surface area (Å²) in [6.07, 6.45) is 9.59. The van der Waals surface area contributed by atoms with E-state index in [2.05, 4.69) is 19.9 Å². The van der Waals surface area contributed by atoms with Gasteiger partial charge in [-0.05, 0) is 103 Å². The summed E-state index contributed by atoms with van der Waals surface area (Å²) in [7, 11) is 0. The fraction of sp³-hybridized carbons (Fsp3) is 0.444. The average molecular weight is 881 g/mol. The predicted molar refractivity (Wildman–Crippen MR) is 246 cm³/mol. The van der Waals surface area contributed by atoms with Gasteiger partial charge in [-0.25, -0.2) is 4.39 Å². The van der Waals surface area contributed by atoms with E-state index in [0.29, 0.717) is 64.7 Å². The number of amides is 6. The van der Waals surface area contributed by atoms with Crippen molar-refractivity contribution >= 4 is 35.4 Å². The van der Waals surface area contributed by atoms with Crippen LogP contribution in [0.2, 0.25) is 0 Å². The molecule has 0 radical (unpaired) electrons. The van der Waals surface area contributed by atoms with Gasteiger partial charge in [0.2, 0.25) is 11.8 Å². The number of hydrogen-bond acceptors (Lipinski definition) is 6. The lowest BCUT2D eigenvalue weighted by Gasteiger charge is -2.42. The van der Waals surface area contributed by atoms with Crippen molar-refractivity contribution in [1.29, 1.82) is 0 Å². The summed E-state index contributed by atoms with van der Waals surface area (Å²) in [5.74, 6) is -0.648. The van der Waals surface area contributed by atoms with Crippen LogP contribution in [0, 0.1) is 29.5 Å². The second-order valence-electron chi connectivity index (χ2n) is 18.4. The summed E-state index contributed by atoms with van der Waals surface area (Å²) in [6.45, 7) is 9.57. The van der Waals surface area contributed by atoms with Gasteiger partial charge in [-0.2, -0.15) is 0 Å². The molecule has 2 saturated carbocycles. The molecule has 6 atom stereocenters. The molecular formula is C54H61FN4O6. The number of benzene rings is 4. The molecule has 0 saturated heterocycles. The summed E-state index contributed by atoms with van der Waals surface area (Å²) in [4.78, 5) is 85.7. The first-order valence-electron chi connectivity index (χ1n) is 23.9. The Morgan fingerprint density at radius 1 is 0.523 bits per heavy atom. The Labute approximate surface area is 382 Å². The molecule has 340 valence electrons. The predicted octanol–water partition coefficient (Wildman–Crippen LogP) is 9.64. The molecule has 4 heterocycles. The lowest BCUT2D eigenvalue weighted by Crippen LogP contribution is -2.49. The van der Waals surface area contributed by atoms with Gasteiger partial charge in [0.15, 0.2) is 0 Å². The normalized spacial score (nSPS) is 24.5. The van der Waals surface area contributed by atoms with Crippen LogP contribution in [0.1, 0.15) is 155 Å². The molecule has 10 rings (SSSR count). The van der Waals surface area contributed by atoms with Gasteiger partial charge in [0.05, 0.1) is 47.4 Å². The van der Waals surface area contributed by atoms with Crippen LogP contribution < -0.4 is 0 Å². The van der Waals surface area contributed by atoms with Crippen LogP contribution >= 0.6 is 0 Å². The maximum atomic E-state index is 14.6. The summed E-state index contributed by atoms with van der Waals surface area (Å²) < 4.78 is 14.6. The average Bonchev–Trinajstić information content (AvgIpc) is 3.72. The number of carbonyl (C=O) groups excluding carboxylic acids is 6. The van der Waals surface area contributed by atoms with E-state index in [1.807, 2.05) is 43.0 Å². The minimum Gasteiger partial charge on any atom is -0.333 e. The van der Waals surface area contributed by atoms with Gasteiger partial charge in [-0.15, -0.1) is 0 Å². The number of imide groups is 2. The third kappa shape index (κ3) is 8.66. The van der Waals surface area contributed by atoms with Crippen LogP contribution in [0.5, 0.6) is 0 Å². The molecule has 0 bridgehead atoms. The van der Waals surface area contributed by atoms with Crippen LogP contribution in [0.3, 0.4) is 0 Å². The summed E-state index contributed by atoms with van der Waals surface area (Å²) in [5.41, 5.74) is 5.20. The molecule has 10 nitrogen and oxygen atoms in total. The lowest BCUT2D eigenvalue weighted by atomic mass is 9.78. The Hall–Kier alpha value is -5.97. The minimum absolute atomic E-state index is 0.0312. The van der Waals surface area contributed by atoms with E-state index in [1.54, 1.807) is 59.5 Å². The Kier molecular flexibility index (Phi) is 13.8. The van der Waals surface area contributed by atoms with Gasteiger partial charge < -0.3 is 9.80 Å². The van der Waals surface area contributed by atoms with Crippen molar-refractivity contribution in [1.82, 2.24) is 19.6 Å². The Morgan fingerprint density at radius 3 is 1.40 bits per heavy atom. The molecule has 6 unspecified atom stereocenters. The Bertz CT molecular complexity index is 2420. The molecule has 2 fully saturated rings. The highest BCUT2D eigenvalue weighted by molar-refractivity contribution is 6.22. The number of nitrogens with zero attached hydrogens (tertiary/aromatic N) is 4. The van der Waals surface area contributed by atoms with Gasteiger partial charge in [0, 0.05) is 24.9 Å². The first kappa shape index (κ1) is 45.6. The maximum Gasteiger partial charge on any atom is 0.261 e. The summed E-state index contributed by atoms with van der Waals surface area (Å²) in [5, 5.41) is 0. The van der Waals surface area contributed by atoms with E-state index < -0.39 is 6.04 Å². The fourth-order valence-electron chi connectivity index (χ4n) is 11.2. The van der Waals surface area contributed by atoms with Crippen LogP contribution in [-0.2, 0) is 22.4 Å². The van der Waals surface area contributed by atoms with Crippen LogP contribution in [-0.4, -0.2) is 81.2 Å². The molecule has 0 spiro atoms. The minimum atomic E-state index is -0.543. The molecule has 0 aromatic heterocycles. The van der Waals surface area contributed by atoms with Crippen molar-refractivity contribution in [3.63, 3.8) is 0 Å². The molecule has 6 amide bonds. The number of halogens is 1. The third-order valence-corrected chi connectivity index (χ3v) is 14.8. The van der Waals surface area contributed by atoms with Gasteiger partial charge >= 0.3 is 0 Å². The fourth-order valence-corrected chi connectivity index (χ4v) is 11.2. The monoisotopic (exact) mass is 880 g/mol. The first-order valence-corrected chi connectivity index (χ1v) is 23.9. The third-order valence-electron chi connectivity index (χ3n) is 14.8. The number of rotatable bonds is 6. The molecule has 0 N–H and O–H groups in total. The van der Waals surface area contributed by atoms with Crippen LogP contribution in [0.25, 0.3) is 0 Å². The zero-order valence-electron chi connectivity index (χ0n) is 38.1. The van der Waals surface area contributed by atoms with Gasteiger partial charge in [-0.1, -0.05) is 114 Å². The van der Waals surface area contributed by atoms with Gasteiger partial charge in [0.1, 0.15) is 5.82 Å². The van der Waals surface area contributed by atoms with E-state index in [-0.39, 0.29) is 72.2 Å². The highest BCUT2D eigenvalue weighted by Gasteiger charge is 2.44. The highest BCUT2D eigenvalue weighted by atomic mass is 19.1. The molecule has 11 heteroatoms. The van der Waals surface area contributed by atoms with E-state index in [1.165, 1.54) is 27.9 Å². The first-order chi connectivity index (χ1) is 31.5. The van der Waals surface area contributed by atoms with Crippen molar-refractivity contribution in [2.24, 2.45) is 23.7 Å². The van der Waals surface area contributed by atoms with Gasteiger partial charge in [0.25, 0.3) is 23.6 Å². The lowest BCUT2D eigenvalue weighted by molar-refractivity contribution is -0.142. The second kappa shape index (κ2) is 19.6. The molecule has 65 heavy (non-hydrogen) atoms. The van der Waals surface area contributed by atoms with Crippen LogP contribution in [0.15, 0.2) is 91.0 Å². The van der Waals surface area contributed by atoms with Crippen molar-refractivity contribution in [2.45, 2.75) is 104 Å². The number of fused-ring (bicyclic) bond motifs is 4. The SMILES string of the molecule is CC.CC1CCCCC1C(=O)N1CCc2c(F)cccc2C1CN1C(=O)c2ccccc2C1=O.CC1CCCCC1C(=O)N1CCc2ccccc2C1CN1C(=O)c2ccccc2C1=O. The van der Waals surface area contributed by atoms with Crippen molar-refractivity contribution in [3.8, 4) is 0 Å².